The van der Waals surface area contributed by atoms with Crippen molar-refractivity contribution in [3.8, 4) is 10.4 Å². The molecule has 0 radical (unpaired) electrons. The van der Waals surface area contributed by atoms with Gasteiger partial charge in [-0.2, -0.15) is 0 Å². The molecule has 218 valence electrons. The molecule has 0 amide bonds. The van der Waals surface area contributed by atoms with Crippen LogP contribution in [0.5, 0.6) is 0 Å². The van der Waals surface area contributed by atoms with Gasteiger partial charge in [0.1, 0.15) is 11.5 Å². The molecule has 42 heavy (non-hydrogen) atoms. The Morgan fingerprint density at radius 2 is 1.60 bits per heavy atom. The highest BCUT2D eigenvalue weighted by molar-refractivity contribution is 7.16. The first-order valence-electron chi connectivity index (χ1n) is 14.6. The van der Waals surface area contributed by atoms with E-state index in [4.69, 9.17) is 0 Å². The van der Waals surface area contributed by atoms with Crippen molar-refractivity contribution >= 4 is 22.7 Å². The molecule has 0 spiro atoms. The van der Waals surface area contributed by atoms with Crippen LogP contribution in [0.1, 0.15) is 97.3 Å². The van der Waals surface area contributed by atoms with E-state index < -0.39 is 11.5 Å². The van der Waals surface area contributed by atoms with Crippen LogP contribution in [0.4, 0.5) is 8.78 Å². The summed E-state index contributed by atoms with van der Waals surface area (Å²) in [5.41, 5.74) is 5.66. The number of allylic oxidation sites excluding steroid dienone is 3. The third kappa shape index (κ3) is 7.41. The lowest BCUT2D eigenvalue weighted by atomic mass is 9.84. The zero-order valence-electron chi connectivity index (χ0n) is 25.4. The summed E-state index contributed by atoms with van der Waals surface area (Å²) in [7, 11) is 0. The summed E-state index contributed by atoms with van der Waals surface area (Å²) in [5, 5.41) is 0. The van der Waals surface area contributed by atoms with Crippen LogP contribution in [-0.4, -0.2) is 5.78 Å². The number of hydrogen-bond acceptors (Lipinski definition) is 2. The van der Waals surface area contributed by atoms with Crippen LogP contribution in [0.3, 0.4) is 0 Å². The van der Waals surface area contributed by atoms with Crippen molar-refractivity contribution in [3.63, 3.8) is 0 Å². The van der Waals surface area contributed by atoms with Gasteiger partial charge in [0, 0.05) is 26.8 Å². The number of carbonyl (C=O) groups excluding carboxylic acids is 1. The molecule has 4 aromatic rings. The van der Waals surface area contributed by atoms with Gasteiger partial charge in [0.05, 0.1) is 0 Å². The van der Waals surface area contributed by atoms with Gasteiger partial charge in [-0.05, 0) is 91.1 Å². The van der Waals surface area contributed by atoms with E-state index >= 15 is 4.39 Å². The van der Waals surface area contributed by atoms with Gasteiger partial charge in [-0.25, -0.2) is 8.78 Å². The molecule has 1 nitrogen and oxygen atoms in total. The molecular weight excluding hydrogens is 542 g/mol. The topological polar surface area (TPSA) is 17.1 Å². The highest BCUT2D eigenvalue weighted by Gasteiger charge is 2.21. The van der Waals surface area contributed by atoms with Gasteiger partial charge in [0.15, 0.2) is 5.78 Å². The van der Waals surface area contributed by atoms with E-state index in [1.807, 2.05) is 36.4 Å². The second kappa shape index (κ2) is 13.1. The second-order valence-electron chi connectivity index (χ2n) is 11.8. The first-order chi connectivity index (χ1) is 19.9. The van der Waals surface area contributed by atoms with Gasteiger partial charge in [-0.15, -0.1) is 11.3 Å². The predicted octanol–water partition coefficient (Wildman–Crippen LogP) is 11.5. The first-order valence-corrected chi connectivity index (χ1v) is 15.4. The standard InChI is InChI=1S/C38H40F2OS/c1-8-28(36-19-20-37(42-36)33-18-17-32(23-35(33)39)38(6,7)40)21-25(4)34(31-15-13-29(14-16-31)24(2)3)22-27-9-11-30(12-10-27)26(5)41/h9-21,23-24,34H,4,8,22H2,1-3,5-7H3/b28-21+. The molecule has 0 N–H and O–H groups in total. The van der Waals surface area contributed by atoms with Gasteiger partial charge >= 0.3 is 0 Å². The van der Waals surface area contributed by atoms with Crippen molar-refractivity contribution < 1.29 is 13.6 Å². The number of thiophene rings is 1. The zero-order valence-corrected chi connectivity index (χ0v) is 26.2. The van der Waals surface area contributed by atoms with E-state index in [9.17, 15) is 9.18 Å². The maximum absolute atomic E-state index is 15.0. The molecule has 1 aromatic heterocycles. The molecule has 4 heteroatoms. The molecule has 1 atom stereocenters. The maximum Gasteiger partial charge on any atom is 0.159 e. The summed E-state index contributed by atoms with van der Waals surface area (Å²) in [5.74, 6) is 0.131. The van der Waals surface area contributed by atoms with Gasteiger partial charge < -0.3 is 0 Å². The molecule has 0 fully saturated rings. The van der Waals surface area contributed by atoms with Crippen molar-refractivity contribution in [2.45, 2.75) is 71.9 Å². The fourth-order valence-electron chi connectivity index (χ4n) is 5.10. The van der Waals surface area contributed by atoms with E-state index in [1.165, 1.54) is 42.4 Å². The summed E-state index contributed by atoms with van der Waals surface area (Å²) in [4.78, 5) is 13.7. The lowest BCUT2D eigenvalue weighted by molar-refractivity contribution is 0.101. The Bertz CT molecular complexity index is 1580. The molecule has 3 aromatic carbocycles. The van der Waals surface area contributed by atoms with E-state index in [0.717, 1.165) is 39.3 Å². The molecule has 0 aliphatic carbocycles. The molecule has 0 aliphatic rings. The Kier molecular flexibility index (Phi) is 9.78. The van der Waals surface area contributed by atoms with Crippen LogP contribution in [0.15, 0.2) is 97.1 Å². The van der Waals surface area contributed by atoms with Gasteiger partial charge in [0.25, 0.3) is 0 Å². The van der Waals surface area contributed by atoms with Crippen LogP contribution >= 0.6 is 11.3 Å². The largest absolute Gasteiger partial charge is 0.295 e. The van der Waals surface area contributed by atoms with E-state index in [1.54, 1.807) is 19.1 Å². The van der Waals surface area contributed by atoms with E-state index in [0.29, 0.717) is 22.6 Å². The Morgan fingerprint density at radius 1 is 0.952 bits per heavy atom. The number of benzene rings is 3. The average Bonchev–Trinajstić information content (AvgIpc) is 3.44. The van der Waals surface area contributed by atoms with Crippen molar-refractivity contribution in [1.29, 1.82) is 0 Å². The Balaban J connectivity index is 1.66. The van der Waals surface area contributed by atoms with Crippen molar-refractivity contribution in [3.05, 3.63) is 136 Å². The maximum atomic E-state index is 15.0. The Morgan fingerprint density at radius 3 is 2.14 bits per heavy atom. The number of alkyl halides is 1. The number of carbonyl (C=O) groups is 1. The minimum atomic E-state index is -1.60. The molecule has 0 bridgehead atoms. The Labute approximate surface area is 253 Å². The zero-order chi connectivity index (χ0) is 30.6. The summed E-state index contributed by atoms with van der Waals surface area (Å²) in [6, 6.07) is 25.2. The molecule has 0 saturated carbocycles. The molecule has 0 aliphatic heterocycles. The van der Waals surface area contributed by atoms with Crippen LogP contribution in [0, 0.1) is 5.82 Å². The van der Waals surface area contributed by atoms with Crippen LogP contribution < -0.4 is 0 Å². The second-order valence-corrected chi connectivity index (χ2v) is 12.8. The Hall–Kier alpha value is -3.63. The summed E-state index contributed by atoms with van der Waals surface area (Å²) in [6.45, 7) is 15.5. The number of hydrogen-bond donors (Lipinski definition) is 0. The van der Waals surface area contributed by atoms with Crippen LogP contribution in [0.2, 0.25) is 0 Å². The highest BCUT2D eigenvalue weighted by atomic mass is 32.1. The molecule has 0 saturated heterocycles. The van der Waals surface area contributed by atoms with Gasteiger partial charge in [-0.3, -0.25) is 4.79 Å². The van der Waals surface area contributed by atoms with Crippen molar-refractivity contribution in [2.24, 2.45) is 0 Å². The van der Waals surface area contributed by atoms with Crippen molar-refractivity contribution in [1.82, 2.24) is 0 Å². The third-order valence-corrected chi connectivity index (χ3v) is 9.03. The molecular formula is C38H40F2OS. The fourth-order valence-corrected chi connectivity index (χ4v) is 6.22. The molecule has 1 unspecified atom stereocenters. The summed E-state index contributed by atoms with van der Waals surface area (Å²) in [6.07, 6.45) is 3.72. The fraction of sp³-hybridized carbons (Fsp3) is 0.289. The average molecular weight is 583 g/mol. The lowest BCUT2D eigenvalue weighted by Gasteiger charge is -2.20. The minimum Gasteiger partial charge on any atom is -0.295 e. The number of rotatable bonds is 11. The third-order valence-electron chi connectivity index (χ3n) is 7.84. The molecule has 4 rings (SSSR count). The number of ketones is 1. The van der Waals surface area contributed by atoms with E-state index in [-0.39, 0.29) is 11.7 Å². The lowest BCUT2D eigenvalue weighted by Crippen LogP contribution is -2.09. The predicted molar refractivity (Wildman–Crippen MR) is 175 cm³/mol. The molecule has 1 heterocycles. The van der Waals surface area contributed by atoms with Crippen LogP contribution in [-0.2, 0) is 12.1 Å². The van der Waals surface area contributed by atoms with Crippen LogP contribution in [0.25, 0.3) is 16.0 Å². The van der Waals surface area contributed by atoms with E-state index in [2.05, 4.69) is 57.7 Å². The number of halogens is 2. The smallest absolute Gasteiger partial charge is 0.159 e. The monoisotopic (exact) mass is 582 g/mol. The van der Waals surface area contributed by atoms with Gasteiger partial charge in [0.2, 0.25) is 0 Å². The summed E-state index contributed by atoms with van der Waals surface area (Å²) < 4.78 is 29.4. The van der Waals surface area contributed by atoms with Crippen molar-refractivity contribution in [2.75, 3.05) is 0 Å². The SMILES string of the molecule is C=C(/C=C(\CC)c1ccc(-c2ccc(C(C)(C)F)cc2F)s1)C(Cc1ccc(C(C)=O)cc1)c1ccc(C(C)C)cc1. The summed E-state index contributed by atoms with van der Waals surface area (Å²) >= 11 is 1.53. The number of Topliss-reactive ketones (excluding diaryl/α,β-unsaturated/α-hetero) is 1. The first kappa shape index (κ1) is 31.3. The normalized spacial score (nSPS) is 12.9. The highest BCUT2D eigenvalue weighted by Crippen LogP contribution is 2.38. The van der Waals surface area contributed by atoms with Gasteiger partial charge in [-0.1, -0.05) is 94.1 Å². The minimum absolute atomic E-state index is 0.0458. The quantitative estimate of drug-likeness (QED) is 0.127.